The van der Waals surface area contributed by atoms with E-state index < -0.39 is 16.0 Å². The molecular formula is C17H25N3O5S. The zero-order valence-electron chi connectivity index (χ0n) is 15.1. The van der Waals surface area contributed by atoms with Crippen molar-refractivity contribution in [2.45, 2.75) is 31.6 Å². The number of aliphatic carboxylic acids is 1. The lowest BCUT2D eigenvalue weighted by atomic mass is 10.2. The predicted octanol–water partition coefficient (Wildman–Crippen LogP) is 1.18. The molecule has 0 aromatic heterocycles. The average Bonchev–Trinajstić information content (AvgIpc) is 2.60. The van der Waals surface area contributed by atoms with Gasteiger partial charge in [-0.15, -0.1) is 0 Å². The highest BCUT2D eigenvalue weighted by Crippen LogP contribution is 2.22. The number of benzene rings is 1. The van der Waals surface area contributed by atoms with Crippen LogP contribution in [0, 0.1) is 13.8 Å². The van der Waals surface area contributed by atoms with E-state index in [1.807, 2.05) is 13.0 Å². The van der Waals surface area contributed by atoms with Gasteiger partial charge in [0.05, 0.1) is 4.90 Å². The lowest BCUT2D eigenvalue weighted by Crippen LogP contribution is -2.53. The lowest BCUT2D eigenvalue weighted by molar-refractivity contribution is -0.137. The molecule has 0 spiro atoms. The Hall–Kier alpha value is -2.13. The van der Waals surface area contributed by atoms with Crippen LogP contribution < -0.4 is 5.32 Å². The number of piperazine rings is 1. The molecule has 2 rings (SSSR count). The number of hydrogen-bond acceptors (Lipinski definition) is 4. The molecule has 8 nitrogen and oxygen atoms in total. The number of nitrogens with zero attached hydrogens (tertiary/aromatic N) is 2. The van der Waals surface area contributed by atoms with Gasteiger partial charge in [-0.05, 0) is 37.5 Å². The van der Waals surface area contributed by atoms with Gasteiger partial charge in [-0.1, -0.05) is 12.1 Å². The number of carboxylic acid groups (broad SMARTS) is 1. The molecule has 1 aliphatic rings. The summed E-state index contributed by atoms with van der Waals surface area (Å²) in [6, 6.07) is 5.05. The lowest BCUT2D eigenvalue weighted by Gasteiger charge is -2.34. The zero-order chi connectivity index (χ0) is 19.3. The molecule has 1 fully saturated rings. The first-order valence-electron chi connectivity index (χ1n) is 8.54. The summed E-state index contributed by atoms with van der Waals surface area (Å²) in [5, 5.41) is 11.2. The maximum atomic E-state index is 12.9. The Morgan fingerprint density at radius 3 is 2.42 bits per heavy atom. The molecule has 0 atom stereocenters. The SMILES string of the molecule is Cc1ccc(C)c(S(=O)(=O)N2CCN(C(=O)NCCCC(=O)O)CC2)c1. The number of sulfonamides is 1. The van der Waals surface area contributed by atoms with Crippen LogP contribution in [-0.2, 0) is 14.8 Å². The van der Waals surface area contributed by atoms with Crippen LogP contribution >= 0.6 is 0 Å². The third kappa shape index (κ3) is 4.95. The Labute approximate surface area is 153 Å². The standard InChI is InChI=1S/C17H25N3O5S/c1-13-5-6-14(2)15(12-13)26(24,25)20-10-8-19(9-11-20)17(23)18-7-3-4-16(21)22/h5-6,12H,3-4,7-11H2,1-2H3,(H,18,23)(H,21,22). The number of hydrogen-bond donors (Lipinski definition) is 2. The second kappa shape index (κ2) is 8.50. The van der Waals surface area contributed by atoms with Gasteiger partial charge in [-0.3, -0.25) is 4.79 Å². The number of carboxylic acids is 1. The molecule has 2 amide bonds. The zero-order valence-corrected chi connectivity index (χ0v) is 15.9. The van der Waals surface area contributed by atoms with E-state index in [1.54, 1.807) is 24.0 Å². The summed E-state index contributed by atoms with van der Waals surface area (Å²) >= 11 is 0. The van der Waals surface area contributed by atoms with Crippen LogP contribution in [-0.4, -0.2) is 67.5 Å². The van der Waals surface area contributed by atoms with Gasteiger partial charge < -0.3 is 15.3 Å². The quantitative estimate of drug-likeness (QED) is 0.718. The maximum Gasteiger partial charge on any atom is 0.317 e. The summed E-state index contributed by atoms with van der Waals surface area (Å²) < 4.78 is 27.1. The number of urea groups is 1. The molecule has 0 aliphatic carbocycles. The van der Waals surface area contributed by atoms with Crippen molar-refractivity contribution >= 4 is 22.0 Å². The summed E-state index contributed by atoms with van der Waals surface area (Å²) in [5.41, 5.74) is 1.59. The number of carbonyl (C=O) groups excluding carboxylic acids is 1. The fraction of sp³-hybridized carbons (Fsp3) is 0.529. The van der Waals surface area contributed by atoms with Crippen molar-refractivity contribution < 1.29 is 23.1 Å². The van der Waals surface area contributed by atoms with Crippen LogP contribution in [0.5, 0.6) is 0 Å². The van der Waals surface area contributed by atoms with Crippen molar-refractivity contribution in [1.82, 2.24) is 14.5 Å². The Balaban J connectivity index is 1.92. The monoisotopic (exact) mass is 383 g/mol. The van der Waals surface area contributed by atoms with Crippen molar-refractivity contribution in [3.05, 3.63) is 29.3 Å². The van der Waals surface area contributed by atoms with Gasteiger partial charge in [-0.2, -0.15) is 4.31 Å². The first-order valence-corrected chi connectivity index (χ1v) is 9.98. The molecular weight excluding hydrogens is 358 g/mol. The Morgan fingerprint density at radius 1 is 1.15 bits per heavy atom. The van der Waals surface area contributed by atoms with Crippen LogP contribution in [0.15, 0.2) is 23.1 Å². The third-order valence-electron chi connectivity index (χ3n) is 4.33. The highest BCUT2D eigenvalue weighted by Gasteiger charge is 2.31. The maximum absolute atomic E-state index is 12.9. The highest BCUT2D eigenvalue weighted by molar-refractivity contribution is 7.89. The Morgan fingerprint density at radius 2 is 1.81 bits per heavy atom. The van der Waals surface area contributed by atoms with Crippen LogP contribution in [0.3, 0.4) is 0 Å². The van der Waals surface area contributed by atoms with E-state index in [4.69, 9.17) is 5.11 Å². The molecule has 1 saturated heterocycles. The van der Waals surface area contributed by atoms with Crippen molar-refractivity contribution in [3.8, 4) is 0 Å². The van der Waals surface area contributed by atoms with E-state index in [-0.39, 0.29) is 32.1 Å². The van der Waals surface area contributed by atoms with E-state index >= 15 is 0 Å². The van der Waals surface area contributed by atoms with Crippen molar-refractivity contribution in [3.63, 3.8) is 0 Å². The fourth-order valence-electron chi connectivity index (χ4n) is 2.80. The van der Waals surface area contributed by atoms with Gasteiger partial charge >= 0.3 is 12.0 Å². The summed E-state index contributed by atoms with van der Waals surface area (Å²) in [6.45, 7) is 4.98. The van der Waals surface area contributed by atoms with E-state index in [9.17, 15) is 18.0 Å². The van der Waals surface area contributed by atoms with Crippen LogP contribution in [0.4, 0.5) is 4.79 Å². The van der Waals surface area contributed by atoms with E-state index in [2.05, 4.69) is 5.32 Å². The smallest absolute Gasteiger partial charge is 0.317 e. The largest absolute Gasteiger partial charge is 0.481 e. The molecule has 1 aromatic rings. The number of nitrogens with one attached hydrogen (secondary N) is 1. The number of rotatable bonds is 6. The van der Waals surface area contributed by atoms with E-state index in [1.165, 1.54) is 4.31 Å². The normalized spacial score (nSPS) is 15.7. The second-order valence-electron chi connectivity index (χ2n) is 6.39. The molecule has 0 saturated carbocycles. The molecule has 0 radical (unpaired) electrons. The molecule has 0 unspecified atom stereocenters. The topological polar surface area (TPSA) is 107 Å². The van der Waals surface area contributed by atoms with Gasteiger partial charge in [-0.25, -0.2) is 13.2 Å². The van der Waals surface area contributed by atoms with Gasteiger partial charge in [0.25, 0.3) is 0 Å². The van der Waals surface area contributed by atoms with Crippen LogP contribution in [0.2, 0.25) is 0 Å². The number of aryl methyl sites for hydroxylation is 2. The first kappa shape index (κ1) is 20.2. The Bertz CT molecular complexity index is 771. The molecule has 0 bridgehead atoms. The van der Waals surface area contributed by atoms with Crippen molar-refractivity contribution in [1.29, 1.82) is 0 Å². The van der Waals surface area contributed by atoms with Gasteiger partial charge in [0.15, 0.2) is 0 Å². The average molecular weight is 383 g/mol. The van der Waals surface area contributed by atoms with Gasteiger partial charge in [0, 0.05) is 39.1 Å². The van der Waals surface area contributed by atoms with E-state index in [0.29, 0.717) is 30.0 Å². The number of amides is 2. The van der Waals surface area contributed by atoms with Crippen molar-refractivity contribution in [2.24, 2.45) is 0 Å². The summed E-state index contributed by atoms with van der Waals surface area (Å²) in [5.74, 6) is -0.899. The van der Waals surface area contributed by atoms with Crippen molar-refractivity contribution in [2.75, 3.05) is 32.7 Å². The second-order valence-corrected chi connectivity index (χ2v) is 8.30. The summed E-state index contributed by atoms with van der Waals surface area (Å²) in [4.78, 5) is 24.4. The predicted molar refractivity (Wildman–Crippen MR) is 96.5 cm³/mol. The fourth-order valence-corrected chi connectivity index (χ4v) is 4.53. The third-order valence-corrected chi connectivity index (χ3v) is 6.37. The Kier molecular flexibility index (Phi) is 6.60. The van der Waals surface area contributed by atoms with Gasteiger partial charge in [0.1, 0.15) is 0 Å². The molecule has 1 heterocycles. The first-order chi connectivity index (χ1) is 12.2. The molecule has 26 heavy (non-hydrogen) atoms. The van der Waals surface area contributed by atoms with Crippen LogP contribution in [0.1, 0.15) is 24.0 Å². The molecule has 2 N–H and O–H groups in total. The minimum absolute atomic E-state index is 0.00213. The summed E-state index contributed by atoms with van der Waals surface area (Å²) in [7, 11) is -3.59. The molecule has 1 aromatic carbocycles. The van der Waals surface area contributed by atoms with Crippen LogP contribution in [0.25, 0.3) is 0 Å². The number of carbonyl (C=O) groups is 2. The van der Waals surface area contributed by atoms with E-state index in [0.717, 1.165) is 5.56 Å². The minimum atomic E-state index is -3.59. The molecule has 1 aliphatic heterocycles. The summed E-state index contributed by atoms with van der Waals surface area (Å²) in [6.07, 6.45) is 0.365. The minimum Gasteiger partial charge on any atom is -0.481 e. The molecule has 9 heteroatoms. The van der Waals surface area contributed by atoms with Gasteiger partial charge in [0.2, 0.25) is 10.0 Å². The molecule has 144 valence electrons. The highest BCUT2D eigenvalue weighted by atomic mass is 32.2.